The molecule has 192 valence electrons. The normalized spacial score (nSPS) is 28.6. The van der Waals surface area contributed by atoms with E-state index in [2.05, 4.69) is 16.0 Å². The van der Waals surface area contributed by atoms with E-state index in [9.17, 15) is 14.4 Å². The molecule has 12 heteroatoms. The van der Waals surface area contributed by atoms with Crippen LogP contribution in [0.1, 0.15) is 24.6 Å². The average Bonchev–Trinajstić information content (AvgIpc) is 3.41. The van der Waals surface area contributed by atoms with Gasteiger partial charge in [-0.2, -0.15) is 0 Å². The van der Waals surface area contributed by atoms with Gasteiger partial charge < -0.3 is 24.4 Å². The molecular formula is C23H33N5O6S. The first-order valence-electron chi connectivity index (χ1n) is 11.6. The minimum atomic E-state index is -0.574. The summed E-state index contributed by atoms with van der Waals surface area (Å²) in [7, 11) is 6.28. The third-order valence-electron chi connectivity index (χ3n) is 6.64. The zero-order valence-corrected chi connectivity index (χ0v) is 21.2. The van der Waals surface area contributed by atoms with Crippen molar-refractivity contribution >= 4 is 29.6 Å². The van der Waals surface area contributed by atoms with E-state index in [4.69, 9.17) is 14.2 Å². The van der Waals surface area contributed by atoms with E-state index in [0.717, 1.165) is 29.9 Å². The van der Waals surface area contributed by atoms with Crippen molar-refractivity contribution in [2.45, 2.75) is 36.7 Å². The Labute approximate surface area is 209 Å². The number of benzene rings is 1. The predicted octanol–water partition coefficient (Wildman–Crippen LogP) is 0.716. The van der Waals surface area contributed by atoms with Crippen molar-refractivity contribution in [2.24, 2.45) is 5.92 Å². The molecule has 3 fully saturated rings. The fourth-order valence-corrected chi connectivity index (χ4v) is 5.81. The number of thioether (sulfide) groups is 1. The van der Waals surface area contributed by atoms with Crippen molar-refractivity contribution in [1.82, 2.24) is 25.8 Å². The molecule has 3 N–H and O–H groups in total. The Kier molecular flexibility index (Phi) is 8.05. The van der Waals surface area contributed by atoms with Crippen molar-refractivity contribution in [1.29, 1.82) is 0 Å². The number of nitrogens with one attached hydrogen (secondary N) is 3. The Morgan fingerprint density at radius 3 is 2.66 bits per heavy atom. The largest absolute Gasteiger partial charge is 0.493 e. The number of carbonyl (C=O) groups excluding carboxylic acids is 3. The molecule has 4 rings (SSSR count). The van der Waals surface area contributed by atoms with Crippen LogP contribution < -0.4 is 25.4 Å². The molecule has 3 aliphatic heterocycles. The summed E-state index contributed by atoms with van der Waals surface area (Å²) in [5.74, 6) is 0.348. The van der Waals surface area contributed by atoms with E-state index in [1.807, 2.05) is 12.1 Å². The molecule has 1 aromatic carbocycles. The maximum absolute atomic E-state index is 13.1. The number of imide groups is 1. The maximum Gasteiger partial charge on any atom is 0.327 e. The SMILES string of the molecule is COc1ccc(C2NC(SCC(=O)NCC3CCCO3)C3C(=O)N(C)C(=O)N(C)C3N2)cc1OC. The third-order valence-corrected chi connectivity index (χ3v) is 7.86. The molecule has 4 amide bonds. The van der Waals surface area contributed by atoms with Crippen molar-refractivity contribution in [3.8, 4) is 11.5 Å². The molecule has 1 aromatic rings. The smallest absolute Gasteiger partial charge is 0.327 e. The second-order valence-electron chi connectivity index (χ2n) is 8.81. The van der Waals surface area contributed by atoms with E-state index in [1.54, 1.807) is 27.3 Å². The van der Waals surface area contributed by atoms with Gasteiger partial charge in [0.2, 0.25) is 11.8 Å². The summed E-state index contributed by atoms with van der Waals surface area (Å²) in [5, 5.41) is 9.36. The number of amides is 4. The first kappa shape index (κ1) is 25.5. The first-order chi connectivity index (χ1) is 16.8. The number of rotatable bonds is 8. The van der Waals surface area contributed by atoms with Gasteiger partial charge in [0.25, 0.3) is 0 Å². The minimum absolute atomic E-state index is 0.0630. The van der Waals surface area contributed by atoms with Crippen LogP contribution in [0.25, 0.3) is 0 Å². The number of nitrogens with zero attached hydrogens (tertiary/aromatic N) is 2. The van der Waals surface area contributed by atoms with Crippen LogP contribution >= 0.6 is 11.8 Å². The van der Waals surface area contributed by atoms with Gasteiger partial charge in [-0.25, -0.2) is 4.79 Å². The molecular weight excluding hydrogens is 474 g/mol. The fourth-order valence-electron chi connectivity index (χ4n) is 4.67. The molecule has 5 unspecified atom stereocenters. The lowest BCUT2D eigenvalue weighted by Gasteiger charge is -2.50. The summed E-state index contributed by atoms with van der Waals surface area (Å²) >= 11 is 1.35. The summed E-state index contributed by atoms with van der Waals surface area (Å²) < 4.78 is 16.4. The summed E-state index contributed by atoms with van der Waals surface area (Å²) in [5.41, 5.74) is 0.849. The molecule has 11 nitrogen and oxygen atoms in total. The summed E-state index contributed by atoms with van der Waals surface area (Å²) in [6.45, 7) is 1.22. The van der Waals surface area contributed by atoms with Crippen LogP contribution in [0.3, 0.4) is 0 Å². The van der Waals surface area contributed by atoms with Gasteiger partial charge in [-0.05, 0) is 30.5 Å². The zero-order valence-electron chi connectivity index (χ0n) is 20.4. The van der Waals surface area contributed by atoms with Crippen LogP contribution in [0.15, 0.2) is 18.2 Å². The van der Waals surface area contributed by atoms with Crippen LogP contribution in [0.4, 0.5) is 4.79 Å². The lowest BCUT2D eigenvalue weighted by molar-refractivity contribution is -0.140. The molecule has 0 radical (unpaired) electrons. The molecule has 0 saturated carbocycles. The monoisotopic (exact) mass is 507 g/mol. The maximum atomic E-state index is 13.1. The van der Waals surface area contributed by atoms with Crippen LogP contribution in [0.2, 0.25) is 0 Å². The molecule has 3 aliphatic rings. The molecule has 3 saturated heterocycles. The van der Waals surface area contributed by atoms with Crippen molar-refractivity contribution < 1.29 is 28.6 Å². The number of urea groups is 1. The van der Waals surface area contributed by atoms with Crippen molar-refractivity contribution in [2.75, 3.05) is 47.2 Å². The molecule has 0 spiro atoms. The van der Waals surface area contributed by atoms with Crippen LogP contribution in [0.5, 0.6) is 11.5 Å². The van der Waals surface area contributed by atoms with E-state index in [1.165, 1.54) is 23.7 Å². The molecule has 0 aliphatic carbocycles. The quantitative estimate of drug-likeness (QED) is 0.467. The highest BCUT2D eigenvalue weighted by Gasteiger charge is 2.51. The highest BCUT2D eigenvalue weighted by Crippen LogP contribution is 2.36. The van der Waals surface area contributed by atoms with Crippen molar-refractivity contribution in [3.63, 3.8) is 0 Å². The second-order valence-corrected chi connectivity index (χ2v) is 9.94. The van der Waals surface area contributed by atoms with Gasteiger partial charge in [-0.15, -0.1) is 11.8 Å². The standard InChI is InChI=1S/C23H33N5O6S/c1-27-20-18(22(30)28(2)23(27)31)21(35-12-17(29)24-11-14-6-5-9-34-14)26-19(25-20)13-7-8-15(32-3)16(10-13)33-4/h7-8,10,14,18-21,25-26H,5-6,9,11-12H2,1-4H3,(H,24,29). The lowest BCUT2D eigenvalue weighted by atomic mass is 9.96. The Morgan fingerprint density at radius 2 is 1.97 bits per heavy atom. The Morgan fingerprint density at radius 1 is 1.20 bits per heavy atom. The van der Waals surface area contributed by atoms with Gasteiger partial charge in [0, 0.05) is 27.2 Å². The summed E-state index contributed by atoms with van der Waals surface area (Å²) in [4.78, 5) is 41.0. The molecule has 3 heterocycles. The molecule has 35 heavy (non-hydrogen) atoms. The number of hydrogen-bond donors (Lipinski definition) is 3. The van der Waals surface area contributed by atoms with Crippen LogP contribution in [-0.4, -0.2) is 92.5 Å². The van der Waals surface area contributed by atoms with Crippen LogP contribution in [0, 0.1) is 5.92 Å². The zero-order chi connectivity index (χ0) is 25.1. The van der Waals surface area contributed by atoms with Gasteiger partial charge >= 0.3 is 6.03 Å². The van der Waals surface area contributed by atoms with Gasteiger partial charge in [0.1, 0.15) is 0 Å². The number of hydrogen-bond acceptors (Lipinski definition) is 9. The van der Waals surface area contributed by atoms with E-state index < -0.39 is 23.6 Å². The summed E-state index contributed by atoms with van der Waals surface area (Å²) in [6, 6.07) is 5.16. The van der Waals surface area contributed by atoms with Gasteiger partial charge in [0.15, 0.2) is 11.5 Å². The van der Waals surface area contributed by atoms with E-state index in [0.29, 0.717) is 18.0 Å². The number of ether oxygens (including phenoxy) is 3. The minimum Gasteiger partial charge on any atom is -0.493 e. The Balaban J connectivity index is 1.52. The fraction of sp³-hybridized carbons (Fsp3) is 0.609. The first-order valence-corrected chi connectivity index (χ1v) is 12.7. The number of carbonyl (C=O) groups is 3. The predicted molar refractivity (Wildman–Crippen MR) is 130 cm³/mol. The topological polar surface area (TPSA) is 121 Å². The molecule has 0 aromatic heterocycles. The van der Waals surface area contributed by atoms with E-state index in [-0.39, 0.29) is 29.7 Å². The molecule has 0 bridgehead atoms. The van der Waals surface area contributed by atoms with Gasteiger partial charge in [-0.1, -0.05) is 6.07 Å². The van der Waals surface area contributed by atoms with Crippen LogP contribution in [-0.2, 0) is 14.3 Å². The number of methoxy groups -OCH3 is 2. The van der Waals surface area contributed by atoms with Gasteiger partial charge in [0.05, 0.1) is 49.7 Å². The summed E-state index contributed by atoms with van der Waals surface area (Å²) in [6.07, 6.45) is 1.08. The second kappa shape index (κ2) is 11.0. The number of fused-ring (bicyclic) bond motifs is 1. The Bertz CT molecular complexity index is 958. The average molecular weight is 508 g/mol. The Hall–Kier alpha value is -2.54. The van der Waals surface area contributed by atoms with E-state index >= 15 is 0 Å². The highest BCUT2D eigenvalue weighted by molar-refractivity contribution is 8.00. The third kappa shape index (κ3) is 5.35. The van der Waals surface area contributed by atoms with Gasteiger partial charge in [-0.3, -0.25) is 25.1 Å². The lowest BCUT2D eigenvalue weighted by Crippen LogP contribution is -2.72. The molecule has 5 atom stereocenters. The highest BCUT2D eigenvalue weighted by atomic mass is 32.2. The van der Waals surface area contributed by atoms with Crippen molar-refractivity contribution in [3.05, 3.63) is 23.8 Å².